The number of hydrogen-bond donors (Lipinski definition) is 1. The highest BCUT2D eigenvalue weighted by Gasteiger charge is 2.44. The minimum atomic E-state index is 0.366. The molecular formula is C18H36N2. The molecule has 0 aromatic heterocycles. The Kier molecular flexibility index (Phi) is 4.57. The van der Waals surface area contributed by atoms with Gasteiger partial charge in [-0.3, -0.25) is 4.90 Å². The first-order valence-corrected chi connectivity index (χ1v) is 8.61. The standard InChI is InChI=1S/C18H36N2/c1-16(2,3)11-12-20-14-18(9-7-8-10-18)19-13-15(20)17(4,5)6/h15,19H,7-14H2,1-6H3. The fraction of sp³-hybridized carbons (Fsp3) is 1.00. The van der Waals surface area contributed by atoms with Gasteiger partial charge >= 0.3 is 0 Å². The summed E-state index contributed by atoms with van der Waals surface area (Å²) in [5, 5.41) is 3.94. The van der Waals surface area contributed by atoms with Crippen molar-refractivity contribution >= 4 is 0 Å². The predicted octanol–water partition coefficient (Wildman–Crippen LogP) is 4.06. The summed E-state index contributed by atoms with van der Waals surface area (Å²) in [5.74, 6) is 0. The fourth-order valence-corrected chi connectivity index (χ4v) is 3.95. The lowest BCUT2D eigenvalue weighted by molar-refractivity contribution is 0.0172. The minimum Gasteiger partial charge on any atom is -0.308 e. The summed E-state index contributed by atoms with van der Waals surface area (Å²) >= 11 is 0. The van der Waals surface area contributed by atoms with Crippen LogP contribution in [0, 0.1) is 10.8 Å². The van der Waals surface area contributed by atoms with Crippen molar-refractivity contribution in [2.24, 2.45) is 10.8 Å². The van der Waals surface area contributed by atoms with E-state index in [9.17, 15) is 0 Å². The van der Waals surface area contributed by atoms with Gasteiger partial charge in [0.05, 0.1) is 0 Å². The molecule has 2 rings (SSSR count). The van der Waals surface area contributed by atoms with E-state index >= 15 is 0 Å². The summed E-state index contributed by atoms with van der Waals surface area (Å²) < 4.78 is 0. The molecule has 1 saturated carbocycles. The largest absolute Gasteiger partial charge is 0.308 e. The number of piperazine rings is 1. The Balaban J connectivity index is 2.06. The number of nitrogens with one attached hydrogen (secondary N) is 1. The van der Waals surface area contributed by atoms with Crippen molar-refractivity contribution in [3.05, 3.63) is 0 Å². The Hall–Kier alpha value is -0.0800. The van der Waals surface area contributed by atoms with Gasteiger partial charge in [-0.2, -0.15) is 0 Å². The third kappa shape index (κ3) is 3.98. The Morgan fingerprint density at radius 3 is 2.15 bits per heavy atom. The van der Waals surface area contributed by atoms with Gasteiger partial charge in [0.1, 0.15) is 0 Å². The summed E-state index contributed by atoms with van der Waals surface area (Å²) in [5.41, 5.74) is 1.25. The molecule has 0 aromatic carbocycles. The molecule has 1 heterocycles. The lowest BCUT2D eigenvalue weighted by Gasteiger charge is -2.51. The van der Waals surface area contributed by atoms with Crippen molar-refractivity contribution in [3.63, 3.8) is 0 Å². The molecule has 0 radical (unpaired) electrons. The van der Waals surface area contributed by atoms with Crippen LogP contribution in [0.15, 0.2) is 0 Å². The van der Waals surface area contributed by atoms with Gasteiger partial charge in [-0.15, -0.1) is 0 Å². The second-order valence-corrected chi connectivity index (χ2v) is 9.53. The van der Waals surface area contributed by atoms with Crippen LogP contribution in [0.2, 0.25) is 0 Å². The molecule has 1 spiro atoms. The maximum Gasteiger partial charge on any atom is 0.0309 e. The van der Waals surface area contributed by atoms with Crippen LogP contribution in [0.5, 0.6) is 0 Å². The lowest BCUT2D eigenvalue weighted by Crippen LogP contribution is -2.66. The highest BCUT2D eigenvalue weighted by Crippen LogP contribution is 2.37. The maximum absolute atomic E-state index is 3.94. The summed E-state index contributed by atoms with van der Waals surface area (Å²) in [6.45, 7) is 18.0. The van der Waals surface area contributed by atoms with Crippen LogP contribution in [0.1, 0.15) is 73.6 Å². The predicted molar refractivity (Wildman–Crippen MR) is 88.1 cm³/mol. The van der Waals surface area contributed by atoms with Crippen LogP contribution in [0.25, 0.3) is 0 Å². The molecule has 2 heteroatoms. The molecule has 2 fully saturated rings. The van der Waals surface area contributed by atoms with Gasteiger partial charge in [-0.1, -0.05) is 54.4 Å². The molecule has 1 atom stereocenters. The van der Waals surface area contributed by atoms with E-state index in [-0.39, 0.29) is 0 Å². The topological polar surface area (TPSA) is 15.3 Å². The van der Waals surface area contributed by atoms with Crippen LogP contribution >= 0.6 is 0 Å². The highest BCUT2D eigenvalue weighted by molar-refractivity contribution is 5.03. The summed E-state index contributed by atoms with van der Waals surface area (Å²) in [6, 6.07) is 0.677. The van der Waals surface area contributed by atoms with Crippen LogP contribution in [-0.4, -0.2) is 36.1 Å². The van der Waals surface area contributed by atoms with Crippen molar-refractivity contribution in [3.8, 4) is 0 Å². The Morgan fingerprint density at radius 1 is 1.05 bits per heavy atom. The van der Waals surface area contributed by atoms with Crippen molar-refractivity contribution < 1.29 is 0 Å². The quantitative estimate of drug-likeness (QED) is 0.821. The molecule has 0 bridgehead atoms. The molecule has 2 nitrogen and oxygen atoms in total. The second kappa shape index (κ2) is 5.61. The van der Waals surface area contributed by atoms with Crippen molar-refractivity contribution in [2.45, 2.75) is 85.2 Å². The number of nitrogens with zero attached hydrogens (tertiary/aromatic N) is 1. The molecule has 1 saturated heterocycles. The van der Waals surface area contributed by atoms with E-state index in [1.165, 1.54) is 51.7 Å². The molecule has 1 aliphatic carbocycles. The van der Waals surface area contributed by atoms with E-state index in [2.05, 4.69) is 51.8 Å². The summed E-state index contributed by atoms with van der Waals surface area (Å²) in [4.78, 5) is 2.81. The van der Waals surface area contributed by atoms with Gasteiger partial charge in [-0.25, -0.2) is 0 Å². The van der Waals surface area contributed by atoms with E-state index in [4.69, 9.17) is 0 Å². The first-order chi connectivity index (χ1) is 9.11. The average Bonchev–Trinajstić information content (AvgIpc) is 2.72. The molecule has 0 aromatic rings. The molecule has 1 N–H and O–H groups in total. The fourth-order valence-electron chi connectivity index (χ4n) is 3.95. The molecule has 2 aliphatic rings. The smallest absolute Gasteiger partial charge is 0.0309 e. The summed E-state index contributed by atoms with van der Waals surface area (Å²) in [7, 11) is 0. The normalized spacial score (nSPS) is 28.2. The minimum absolute atomic E-state index is 0.366. The Bertz CT molecular complexity index is 315. The van der Waals surface area contributed by atoms with Crippen molar-refractivity contribution in [2.75, 3.05) is 19.6 Å². The van der Waals surface area contributed by atoms with Crippen molar-refractivity contribution in [1.29, 1.82) is 0 Å². The van der Waals surface area contributed by atoms with Gasteiger partial charge in [0.25, 0.3) is 0 Å². The van der Waals surface area contributed by atoms with Gasteiger partial charge in [0.2, 0.25) is 0 Å². The first-order valence-electron chi connectivity index (χ1n) is 8.61. The van der Waals surface area contributed by atoms with Gasteiger partial charge < -0.3 is 5.32 Å². The maximum atomic E-state index is 3.94. The van der Waals surface area contributed by atoms with Crippen LogP contribution in [0.3, 0.4) is 0 Å². The lowest BCUT2D eigenvalue weighted by atomic mass is 9.80. The zero-order chi connectivity index (χ0) is 15.0. The van der Waals surface area contributed by atoms with E-state index in [1.807, 2.05) is 0 Å². The molecular weight excluding hydrogens is 244 g/mol. The van der Waals surface area contributed by atoms with Gasteiger partial charge in [0, 0.05) is 24.7 Å². The van der Waals surface area contributed by atoms with Crippen LogP contribution < -0.4 is 5.32 Å². The third-order valence-electron chi connectivity index (χ3n) is 5.33. The third-order valence-corrected chi connectivity index (χ3v) is 5.33. The monoisotopic (exact) mass is 280 g/mol. The average molecular weight is 280 g/mol. The zero-order valence-corrected chi connectivity index (χ0v) is 14.7. The first kappa shape index (κ1) is 16.3. The zero-order valence-electron chi connectivity index (χ0n) is 14.7. The molecule has 0 amide bonds. The Morgan fingerprint density at radius 2 is 1.65 bits per heavy atom. The van der Waals surface area contributed by atoms with Gasteiger partial charge in [0.15, 0.2) is 0 Å². The SMILES string of the molecule is CC(C)(C)CCN1CC2(CCCC2)NCC1C(C)(C)C. The van der Waals surface area contributed by atoms with E-state index in [0.29, 0.717) is 22.4 Å². The van der Waals surface area contributed by atoms with E-state index < -0.39 is 0 Å². The molecule has 1 unspecified atom stereocenters. The van der Waals surface area contributed by atoms with E-state index in [0.717, 1.165) is 0 Å². The number of hydrogen-bond acceptors (Lipinski definition) is 2. The van der Waals surface area contributed by atoms with Gasteiger partial charge in [-0.05, 0) is 36.6 Å². The van der Waals surface area contributed by atoms with E-state index in [1.54, 1.807) is 0 Å². The highest BCUT2D eigenvalue weighted by atomic mass is 15.3. The number of rotatable bonds is 2. The summed E-state index contributed by atoms with van der Waals surface area (Å²) in [6.07, 6.45) is 6.90. The molecule has 1 aliphatic heterocycles. The molecule has 20 heavy (non-hydrogen) atoms. The van der Waals surface area contributed by atoms with Crippen LogP contribution in [0.4, 0.5) is 0 Å². The van der Waals surface area contributed by atoms with Crippen LogP contribution in [-0.2, 0) is 0 Å². The second-order valence-electron chi connectivity index (χ2n) is 9.53. The van der Waals surface area contributed by atoms with Crippen molar-refractivity contribution in [1.82, 2.24) is 10.2 Å². The Labute approximate surface area is 126 Å². The molecule has 118 valence electrons.